The molecule has 0 radical (unpaired) electrons. The van der Waals surface area contributed by atoms with Crippen LogP contribution in [0.15, 0.2) is 121 Å². The molecule has 0 bridgehead atoms. The van der Waals surface area contributed by atoms with Crippen molar-refractivity contribution >= 4 is 48.7 Å². The second kappa shape index (κ2) is 19.3. The number of hydrogen-bond donors (Lipinski definition) is 2. The minimum absolute atomic E-state index is 0.169. The van der Waals surface area contributed by atoms with Crippen LogP contribution in [-0.2, 0) is 9.57 Å². The van der Waals surface area contributed by atoms with Crippen molar-refractivity contribution in [3.05, 3.63) is 121 Å². The third-order valence-corrected chi connectivity index (χ3v) is 20.9. The number of hydrogen-bond acceptors (Lipinski definition) is 7. The average Bonchev–Trinajstić information content (AvgIpc) is 3.99. The maximum absolute atomic E-state index is 10.8. The van der Waals surface area contributed by atoms with Gasteiger partial charge in [0.15, 0.2) is 0 Å². The van der Waals surface area contributed by atoms with E-state index in [-0.39, 0.29) is 18.2 Å². The fourth-order valence-electron chi connectivity index (χ4n) is 8.45. The first kappa shape index (κ1) is 40.0. The van der Waals surface area contributed by atoms with Crippen LogP contribution in [0.4, 0.5) is 0 Å². The number of nitrogens with zero attached hydrogens (tertiary/aromatic N) is 3. The van der Waals surface area contributed by atoms with Gasteiger partial charge < -0.3 is 20.1 Å². The van der Waals surface area contributed by atoms with Gasteiger partial charge in [-0.05, 0) is 56.1 Å². The summed E-state index contributed by atoms with van der Waals surface area (Å²) < 4.78 is 6.56. The van der Waals surface area contributed by atoms with Crippen LogP contribution in [0.3, 0.4) is 0 Å². The quantitative estimate of drug-likeness (QED) is 0.184. The predicted octanol–water partition coefficient (Wildman–Crippen LogP) is 4.97. The van der Waals surface area contributed by atoms with Crippen LogP contribution in [0.5, 0.6) is 0 Å². The van der Waals surface area contributed by atoms with Gasteiger partial charge in [-0.25, -0.2) is 0 Å². The van der Waals surface area contributed by atoms with Gasteiger partial charge in [-0.3, -0.25) is 4.84 Å². The summed E-state index contributed by atoms with van der Waals surface area (Å²) in [4.78, 5) is 8.29. The molecule has 2 N–H and O–H groups in total. The summed E-state index contributed by atoms with van der Waals surface area (Å²) in [7, 11) is -1.70. The van der Waals surface area contributed by atoms with E-state index in [9.17, 15) is 5.11 Å². The number of nitrogens with one attached hydrogen (secondary N) is 1. The third kappa shape index (κ3) is 10.1. The van der Waals surface area contributed by atoms with E-state index in [1.807, 2.05) is 0 Å². The Bertz CT molecular complexity index is 1550. The van der Waals surface area contributed by atoms with Crippen molar-refractivity contribution in [2.45, 2.75) is 75.2 Å². The van der Waals surface area contributed by atoms with E-state index in [4.69, 9.17) is 21.4 Å². The first-order chi connectivity index (χ1) is 25.8. The monoisotopic (exact) mass is 770 g/mol. The first-order valence-electron chi connectivity index (χ1n) is 19.6. The topological polar surface area (TPSA) is 60.4 Å². The van der Waals surface area contributed by atoms with Gasteiger partial charge in [-0.1, -0.05) is 155 Å². The number of likely N-dealkylation sites (N-methyl/N-ethyl adjacent to an activating group) is 1. The zero-order valence-corrected chi connectivity index (χ0v) is 34.6. The first-order valence-corrected chi connectivity index (χ1v) is 25.3. The summed E-state index contributed by atoms with van der Waals surface area (Å²) >= 11 is 6.28. The van der Waals surface area contributed by atoms with Gasteiger partial charge in [0.05, 0.1) is 31.5 Å². The van der Waals surface area contributed by atoms with Crippen LogP contribution in [0.25, 0.3) is 0 Å². The van der Waals surface area contributed by atoms with E-state index in [0.717, 1.165) is 57.9 Å². The lowest BCUT2D eigenvalue weighted by Gasteiger charge is -2.33. The van der Waals surface area contributed by atoms with E-state index >= 15 is 0 Å². The average molecular weight is 772 g/mol. The van der Waals surface area contributed by atoms with Crippen molar-refractivity contribution in [2.75, 3.05) is 46.4 Å². The molecule has 4 heterocycles. The number of aliphatic hydroxyl groups is 1. The van der Waals surface area contributed by atoms with Crippen LogP contribution in [-0.4, -0.2) is 107 Å². The Kier molecular flexibility index (Phi) is 14.5. The summed E-state index contributed by atoms with van der Waals surface area (Å²) in [6, 6.07) is 46.0. The Hall–Kier alpha value is -2.68. The van der Waals surface area contributed by atoms with Gasteiger partial charge in [-0.2, -0.15) is 5.01 Å². The fourth-order valence-corrected chi connectivity index (χ4v) is 16.3. The number of rotatable bonds is 9. The minimum Gasteiger partial charge on any atom is -0.392 e. The highest BCUT2D eigenvalue weighted by Gasteiger charge is 2.48. The second-order valence-electron chi connectivity index (χ2n) is 15.5. The molecule has 0 aliphatic carbocycles. The van der Waals surface area contributed by atoms with Crippen molar-refractivity contribution in [3.63, 3.8) is 0 Å². The predicted molar refractivity (Wildman–Crippen MR) is 225 cm³/mol. The molecule has 8 rings (SSSR count). The number of aliphatic hydroxyl groups excluding tert-OH is 1. The molecular weight excluding hydrogens is 712 g/mol. The fraction of sp³-hybridized carbons (Fsp3) is 0.442. The molecule has 4 aromatic rings. The second-order valence-corrected chi connectivity index (χ2v) is 24.2. The molecule has 4 atom stereocenters. The van der Waals surface area contributed by atoms with Crippen LogP contribution in [0.1, 0.15) is 25.7 Å². The van der Waals surface area contributed by atoms with Gasteiger partial charge in [0.25, 0.3) is 0 Å². The summed E-state index contributed by atoms with van der Waals surface area (Å²) in [5.41, 5.74) is 0. The summed E-state index contributed by atoms with van der Waals surface area (Å²) in [5, 5.41) is 22.1. The lowest BCUT2D eigenvalue weighted by molar-refractivity contribution is -0.154. The molecule has 53 heavy (non-hydrogen) atoms. The maximum Gasteiger partial charge on any atom is 0.117 e. The van der Waals surface area contributed by atoms with Crippen molar-refractivity contribution in [1.29, 1.82) is 0 Å². The zero-order chi connectivity index (χ0) is 37.1. The summed E-state index contributed by atoms with van der Waals surface area (Å²) in [5.74, 6) is 0. The smallest absolute Gasteiger partial charge is 0.117 e. The summed E-state index contributed by atoms with van der Waals surface area (Å²) in [6.07, 6.45) is 4.54. The van der Waals surface area contributed by atoms with E-state index in [0.29, 0.717) is 6.04 Å². The molecule has 4 aromatic carbocycles. The Morgan fingerprint density at radius 3 is 1.64 bits per heavy atom. The van der Waals surface area contributed by atoms with Gasteiger partial charge in [0.1, 0.15) is 16.1 Å². The molecule has 4 aliphatic heterocycles. The van der Waals surface area contributed by atoms with Crippen LogP contribution >= 0.6 is 11.8 Å². The lowest BCUT2D eigenvalue weighted by Crippen LogP contribution is -2.58. The Morgan fingerprint density at radius 2 is 1.21 bits per heavy atom. The zero-order valence-electron chi connectivity index (χ0n) is 31.8. The Morgan fingerprint density at radius 1 is 0.717 bits per heavy atom. The van der Waals surface area contributed by atoms with Crippen molar-refractivity contribution < 1.29 is 14.7 Å². The lowest BCUT2D eigenvalue weighted by atomic mass is 10.1. The molecule has 0 amide bonds. The number of hydrazine groups is 1. The maximum atomic E-state index is 10.8. The number of morpholine rings is 1. The molecule has 0 unspecified atom stereocenters. The van der Waals surface area contributed by atoms with Gasteiger partial charge in [-0.15, -0.1) is 0 Å². The molecule has 10 heteroatoms. The minimum atomic E-state index is -1.92. The van der Waals surface area contributed by atoms with Crippen LogP contribution < -0.4 is 26.1 Å². The molecule has 7 nitrogen and oxygen atoms in total. The SMILES string of the molecule is CN1CCOCC1.C[Si](C[C@@H](O)[C@@H]1CCCN1)(c1ccccc1)c1ccccc1.C[Si](C[C@H]1ON(Cl)N2CCC[C@@H]12)(c1ccccc1)c1ccccc1. The number of benzene rings is 4. The van der Waals surface area contributed by atoms with Crippen molar-refractivity contribution in [3.8, 4) is 0 Å². The standard InChI is InChI=1S/C19H23ClN2OSi.C19H25NOSi.C5H11NO/c1-24(16-9-4-2-5-10-16,17-11-6-3-7-12-17)15-19-18-13-8-14-21(18)22(20)23-19;1-22(16-9-4-2-5-10-16,17-11-6-3-7-12-17)15-19(21)18-13-8-14-20-18;1-6-2-4-7-5-3-6/h2-7,9-12,18-19H,8,13-15H2,1H3;2-7,9-12,18-21H,8,13-15H2,1H3;2-5H2,1H3/t2*18-,19+;/m00./s1. The van der Waals surface area contributed by atoms with E-state index < -0.39 is 16.1 Å². The number of halogens is 1. The van der Waals surface area contributed by atoms with E-state index in [1.165, 1.54) is 44.7 Å². The molecule has 0 spiro atoms. The number of ether oxygens (including phenoxy) is 1. The highest BCUT2D eigenvalue weighted by atomic mass is 35.5. The Labute approximate surface area is 324 Å². The molecule has 4 aliphatic rings. The van der Waals surface area contributed by atoms with Gasteiger partial charge in [0, 0.05) is 37.5 Å². The van der Waals surface area contributed by atoms with Crippen LogP contribution in [0, 0.1) is 0 Å². The Balaban J connectivity index is 0.000000154. The molecule has 4 saturated heterocycles. The molecule has 0 aromatic heterocycles. The van der Waals surface area contributed by atoms with Crippen LogP contribution in [0.2, 0.25) is 25.2 Å². The van der Waals surface area contributed by atoms with Gasteiger partial charge >= 0.3 is 0 Å². The molecular formula is C43H59ClN4O3Si2. The molecule has 284 valence electrons. The van der Waals surface area contributed by atoms with E-state index in [1.54, 1.807) is 0 Å². The summed E-state index contributed by atoms with van der Waals surface area (Å²) in [6.45, 7) is 10.9. The van der Waals surface area contributed by atoms with Crippen molar-refractivity contribution in [1.82, 2.24) is 19.9 Å². The molecule has 0 saturated carbocycles. The number of fused-ring (bicyclic) bond motifs is 1. The molecule has 4 fully saturated rings. The van der Waals surface area contributed by atoms with E-state index in [2.05, 4.69) is 157 Å². The third-order valence-electron chi connectivity index (χ3n) is 11.8. The van der Waals surface area contributed by atoms with Gasteiger partial charge in [0.2, 0.25) is 0 Å². The highest BCUT2D eigenvalue weighted by molar-refractivity contribution is 7.02. The van der Waals surface area contributed by atoms with Crippen molar-refractivity contribution in [2.24, 2.45) is 0 Å². The largest absolute Gasteiger partial charge is 0.392 e. The highest BCUT2D eigenvalue weighted by Crippen LogP contribution is 2.36. The normalized spacial score (nSPS) is 23.0.